The SMILES string of the molecule is CCCCCC[Si]OCCOCCOCCOCCOCCC. The summed E-state index contributed by atoms with van der Waals surface area (Å²) in [5, 5.41) is 0. The molecule has 0 heterocycles. The summed E-state index contributed by atoms with van der Waals surface area (Å²) in [7, 11) is 0.617. The van der Waals surface area contributed by atoms with E-state index in [9.17, 15) is 0 Å². The van der Waals surface area contributed by atoms with Gasteiger partial charge in [0.25, 0.3) is 0 Å². The van der Waals surface area contributed by atoms with Gasteiger partial charge in [0, 0.05) is 6.61 Å². The first-order chi connectivity index (χ1) is 11.4. The third-order valence-corrected chi connectivity index (χ3v) is 3.99. The van der Waals surface area contributed by atoms with Crippen molar-refractivity contribution in [1.82, 2.24) is 0 Å². The first-order valence-corrected chi connectivity index (χ1v) is 10.2. The molecule has 5 nitrogen and oxygen atoms in total. The molecule has 0 unspecified atom stereocenters. The average Bonchev–Trinajstić information content (AvgIpc) is 2.57. The monoisotopic (exact) mass is 348 g/mol. The van der Waals surface area contributed by atoms with Crippen LogP contribution in [0, 0.1) is 0 Å². The van der Waals surface area contributed by atoms with Gasteiger partial charge < -0.3 is 23.4 Å². The second kappa shape index (κ2) is 22.0. The van der Waals surface area contributed by atoms with Gasteiger partial charge in [0.05, 0.1) is 52.9 Å². The van der Waals surface area contributed by atoms with Crippen molar-refractivity contribution >= 4 is 9.76 Å². The summed E-state index contributed by atoms with van der Waals surface area (Å²) in [6.07, 6.45) is 6.29. The summed E-state index contributed by atoms with van der Waals surface area (Å²) in [5.41, 5.74) is 0. The maximum Gasteiger partial charge on any atom is 0.229 e. The minimum absolute atomic E-state index is 0.604. The van der Waals surface area contributed by atoms with E-state index in [-0.39, 0.29) is 0 Å². The van der Waals surface area contributed by atoms with Crippen LogP contribution in [-0.2, 0) is 23.4 Å². The van der Waals surface area contributed by atoms with Gasteiger partial charge in [-0.25, -0.2) is 0 Å². The highest BCUT2D eigenvalue weighted by Gasteiger charge is 1.95. The van der Waals surface area contributed by atoms with Crippen LogP contribution < -0.4 is 0 Å². The van der Waals surface area contributed by atoms with Crippen LogP contribution in [-0.4, -0.2) is 69.2 Å². The van der Waals surface area contributed by atoms with Crippen LogP contribution >= 0.6 is 0 Å². The minimum atomic E-state index is 0.604. The predicted molar refractivity (Wildman–Crippen MR) is 94.2 cm³/mol. The lowest BCUT2D eigenvalue weighted by molar-refractivity contribution is -0.00443. The lowest BCUT2D eigenvalue weighted by Gasteiger charge is -2.07. The number of hydrogen-bond acceptors (Lipinski definition) is 5. The Morgan fingerprint density at radius 2 is 1.04 bits per heavy atom. The van der Waals surface area contributed by atoms with E-state index >= 15 is 0 Å². The minimum Gasteiger partial charge on any atom is -0.415 e. The second-order valence-electron chi connectivity index (χ2n) is 5.25. The van der Waals surface area contributed by atoms with Gasteiger partial charge in [-0.2, -0.15) is 0 Å². The normalized spacial score (nSPS) is 11.2. The van der Waals surface area contributed by atoms with Crippen LogP contribution in [0.5, 0.6) is 0 Å². The molecule has 0 atom stereocenters. The molecule has 0 spiro atoms. The van der Waals surface area contributed by atoms with Gasteiger partial charge in [0.1, 0.15) is 0 Å². The zero-order valence-electron chi connectivity index (χ0n) is 15.1. The summed E-state index contributed by atoms with van der Waals surface area (Å²) in [6.45, 7) is 10.2. The Morgan fingerprint density at radius 3 is 1.57 bits per heavy atom. The Balaban J connectivity index is 2.92. The van der Waals surface area contributed by atoms with E-state index in [4.69, 9.17) is 23.4 Å². The van der Waals surface area contributed by atoms with Crippen LogP contribution in [0.4, 0.5) is 0 Å². The molecule has 0 N–H and O–H groups in total. The topological polar surface area (TPSA) is 46.2 Å². The van der Waals surface area contributed by atoms with E-state index in [0.29, 0.717) is 62.6 Å². The molecular weight excluding hydrogens is 312 g/mol. The Labute approximate surface area is 145 Å². The largest absolute Gasteiger partial charge is 0.415 e. The van der Waals surface area contributed by atoms with Gasteiger partial charge in [-0.1, -0.05) is 39.5 Å². The third kappa shape index (κ3) is 22.0. The zero-order valence-corrected chi connectivity index (χ0v) is 16.1. The summed E-state index contributed by atoms with van der Waals surface area (Å²) >= 11 is 0. The van der Waals surface area contributed by atoms with Crippen molar-refractivity contribution in [2.75, 3.05) is 59.5 Å². The maximum atomic E-state index is 5.54. The average molecular weight is 349 g/mol. The molecule has 0 aliphatic heterocycles. The number of ether oxygens (including phenoxy) is 4. The van der Waals surface area contributed by atoms with Gasteiger partial charge in [0.2, 0.25) is 9.76 Å². The molecule has 0 aliphatic carbocycles. The van der Waals surface area contributed by atoms with Crippen LogP contribution in [0.15, 0.2) is 0 Å². The van der Waals surface area contributed by atoms with Crippen molar-refractivity contribution in [3.05, 3.63) is 0 Å². The molecule has 0 aliphatic rings. The van der Waals surface area contributed by atoms with Crippen molar-refractivity contribution in [2.24, 2.45) is 0 Å². The summed E-state index contributed by atoms with van der Waals surface area (Å²) in [4.78, 5) is 0. The van der Waals surface area contributed by atoms with Crippen LogP contribution in [0.3, 0.4) is 0 Å². The molecule has 0 bridgehead atoms. The summed E-state index contributed by atoms with van der Waals surface area (Å²) in [5.74, 6) is 0. The standard InChI is InChI=1S/C17H36O5Si/c1-3-5-6-7-17-23-22-16-15-21-14-13-20-12-11-19-10-9-18-8-4-2/h3-17H2,1-2H3. The Hall–Kier alpha value is 0.0169. The van der Waals surface area contributed by atoms with Gasteiger partial charge in [-0.05, 0) is 12.5 Å². The Kier molecular flexibility index (Phi) is 22.0. The molecule has 0 aromatic rings. The van der Waals surface area contributed by atoms with E-state index in [1.54, 1.807) is 0 Å². The molecule has 0 aromatic carbocycles. The highest BCUT2D eigenvalue weighted by atomic mass is 28.2. The quantitative estimate of drug-likeness (QED) is 0.250. The van der Waals surface area contributed by atoms with E-state index in [1.165, 1.54) is 31.7 Å². The molecule has 0 rings (SSSR count). The molecule has 0 amide bonds. The van der Waals surface area contributed by atoms with E-state index in [1.807, 2.05) is 0 Å². The Morgan fingerprint density at radius 1 is 0.522 bits per heavy atom. The van der Waals surface area contributed by atoms with Crippen LogP contribution in [0.2, 0.25) is 6.04 Å². The van der Waals surface area contributed by atoms with E-state index in [0.717, 1.165) is 13.0 Å². The van der Waals surface area contributed by atoms with Crippen LogP contribution in [0.1, 0.15) is 46.0 Å². The van der Waals surface area contributed by atoms with Crippen molar-refractivity contribution in [3.63, 3.8) is 0 Å². The fraction of sp³-hybridized carbons (Fsp3) is 1.00. The number of unbranched alkanes of at least 4 members (excludes halogenated alkanes) is 3. The third-order valence-electron chi connectivity index (χ3n) is 3.03. The van der Waals surface area contributed by atoms with Crippen molar-refractivity contribution in [3.8, 4) is 0 Å². The molecule has 0 saturated heterocycles. The smallest absolute Gasteiger partial charge is 0.229 e. The molecule has 0 aromatic heterocycles. The molecule has 0 saturated carbocycles. The lowest BCUT2D eigenvalue weighted by Crippen LogP contribution is -2.13. The molecule has 0 fully saturated rings. The molecule has 23 heavy (non-hydrogen) atoms. The van der Waals surface area contributed by atoms with Gasteiger partial charge in [-0.3, -0.25) is 0 Å². The predicted octanol–water partition coefficient (Wildman–Crippen LogP) is 3.10. The zero-order chi connectivity index (χ0) is 16.8. The maximum absolute atomic E-state index is 5.54. The van der Waals surface area contributed by atoms with Crippen LogP contribution in [0.25, 0.3) is 0 Å². The summed E-state index contributed by atoms with van der Waals surface area (Å²) < 4.78 is 27.1. The lowest BCUT2D eigenvalue weighted by atomic mass is 10.2. The van der Waals surface area contributed by atoms with Crippen molar-refractivity contribution in [1.29, 1.82) is 0 Å². The van der Waals surface area contributed by atoms with Crippen molar-refractivity contribution in [2.45, 2.75) is 52.0 Å². The van der Waals surface area contributed by atoms with Gasteiger partial charge in [0.15, 0.2) is 0 Å². The van der Waals surface area contributed by atoms with E-state index < -0.39 is 0 Å². The highest BCUT2D eigenvalue weighted by Crippen LogP contribution is 2.02. The molecule has 138 valence electrons. The summed E-state index contributed by atoms with van der Waals surface area (Å²) in [6, 6.07) is 1.19. The molecular formula is C17H36O5Si. The van der Waals surface area contributed by atoms with Gasteiger partial charge in [-0.15, -0.1) is 0 Å². The first kappa shape index (κ1) is 23.0. The number of hydrogen-bond donors (Lipinski definition) is 0. The van der Waals surface area contributed by atoms with E-state index in [2.05, 4.69) is 13.8 Å². The molecule has 2 radical (unpaired) electrons. The highest BCUT2D eigenvalue weighted by molar-refractivity contribution is 6.26. The first-order valence-electron chi connectivity index (χ1n) is 9.07. The molecule has 6 heteroatoms. The Bertz CT molecular complexity index is 187. The second-order valence-corrected chi connectivity index (χ2v) is 6.33. The fourth-order valence-electron chi connectivity index (χ4n) is 1.78. The van der Waals surface area contributed by atoms with Crippen molar-refractivity contribution < 1.29 is 23.4 Å². The fourth-order valence-corrected chi connectivity index (χ4v) is 2.54. The number of rotatable bonds is 20. The van der Waals surface area contributed by atoms with Gasteiger partial charge >= 0.3 is 0 Å².